The van der Waals surface area contributed by atoms with Crippen molar-refractivity contribution in [3.8, 4) is 0 Å². The lowest BCUT2D eigenvalue weighted by Crippen LogP contribution is -2.34. The van der Waals surface area contributed by atoms with Crippen LogP contribution in [0.3, 0.4) is 0 Å². The molecule has 2 aliphatic carbocycles. The molecule has 216 valence electrons. The van der Waals surface area contributed by atoms with Gasteiger partial charge in [0, 0.05) is 36.4 Å². The molecule has 4 nitrogen and oxygen atoms in total. The van der Waals surface area contributed by atoms with Crippen molar-refractivity contribution in [2.45, 2.75) is 90.3 Å². The molecule has 2 aromatic rings. The van der Waals surface area contributed by atoms with Gasteiger partial charge in [-0.25, -0.2) is 4.98 Å². The highest BCUT2D eigenvalue weighted by Gasteiger charge is 2.29. The Labute approximate surface area is 237 Å². The number of aryl methyl sites for hydroxylation is 2. The predicted molar refractivity (Wildman–Crippen MR) is 159 cm³/mol. The zero-order valence-corrected chi connectivity index (χ0v) is 23.9. The number of pyridine rings is 1. The number of nitrogens with two attached hydrogens (primary N) is 1. The number of aromatic nitrogens is 1. The Hall–Kier alpha value is -3.09. The molecule has 2 fully saturated rings. The standard InChI is InChI=1S/C33H43F3N4/c1-4-26-14-15-29(18-23(26)2)28-12-10-25(11-13-28)22-40(24(3)27-8-6-5-7-9-27)32-19-30(16-17-38-32)31(20-37)21-39-33(34,35)36/h14-21,25,27-28H,3-13,22,37H2,1-2H3/b31-20+,39-21+. The zero-order valence-electron chi connectivity index (χ0n) is 23.9. The third-order valence-electron chi connectivity index (χ3n) is 8.81. The van der Waals surface area contributed by atoms with Crippen molar-refractivity contribution in [1.29, 1.82) is 0 Å². The van der Waals surface area contributed by atoms with Gasteiger partial charge in [0.05, 0.1) is 0 Å². The Morgan fingerprint density at radius 2 is 1.80 bits per heavy atom. The van der Waals surface area contributed by atoms with Gasteiger partial charge in [-0.3, -0.25) is 0 Å². The second kappa shape index (κ2) is 13.5. The maximum absolute atomic E-state index is 12.7. The van der Waals surface area contributed by atoms with Crippen LogP contribution in [0.4, 0.5) is 19.0 Å². The summed E-state index contributed by atoms with van der Waals surface area (Å²) in [5.41, 5.74) is 11.8. The second-order valence-electron chi connectivity index (χ2n) is 11.4. The van der Waals surface area contributed by atoms with Crippen LogP contribution in [0.2, 0.25) is 0 Å². The molecule has 2 saturated carbocycles. The summed E-state index contributed by atoms with van der Waals surface area (Å²) < 4.78 is 38.2. The number of halogens is 3. The van der Waals surface area contributed by atoms with Crippen molar-refractivity contribution in [2.75, 3.05) is 11.4 Å². The third-order valence-corrected chi connectivity index (χ3v) is 8.81. The number of hydrogen-bond donors (Lipinski definition) is 1. The minimum absolute atomic E-state index is 0.203. The molecular weight excluding hydrogens is 509 g/mol. The number of hydrogen-bond acceptors (Lipinski definition) is 4. The molecule has 4 rings (SSSR count). The predicted octanol–water partition coefficient (Wildman–Crippen LogP) is 8.72. The molecule has 0 amide bonds. The molecule has 0 aliphatic heterocycles. The smallest absolute Gasteiger partial charge is 0.404 e. The first-order valence-electron chi connectivity index (χ1n) is 14.7. The maximum Gasteiger partial charge on any atom is 0.503 e. The number of benzene rings is 1. The number of alkyl halides is 3. The van der Waals surface area contributed by atoms with E-state index < -0.39 is 6.30 Å². The molecular formula is C33H43F3N4. The molecule has 0 atom stereocenters. The van der Waals surface area contributed by atoms with Crippen LogP contribution in [0.5, 0.6) is 0 Å². The molecule has 1 aromatic carbocycles. The van der Waals surface area contributed by atoms with E-state index in [1.807, 2.05) is 6.07 Å². The van der Waals surface area contributed by atoms with E-state index in [1.165, 1.54) is 36.0 Å². The largest absolute Gasteiger partial charge is 0.503 e. The van der Waals surface area contributed by atoms with Crippen LogP contribution >= 0.6 is 0 Å². The lowest BCUT2D eigenvalue weighted by molar-refractivity contribution is -0.118. The van der Waals surface area contributed by atoms with Crippen molar-refractivity contribution < 1.29 is 13.2 Å². The van der Waals surface area contributed by atoms with Gasteiger partial charge in [-0.05, 0) is 104 Å². The molecule has 2 N–H and O–H groups in total. The van der Waals surface area contributed by atoms with Crippen LogP contribution in [0, 0.1) is 18.8 Å². The summed E-state index contributed by atoms with van der Waals surface area (Å²) in [6, 6.07) is 10.5. The number of nitrogens with zero attached hydrogens (tertiary/aromatic N) is 3. The molecule has 2 aliphatic rings. The Balaban J connectivity index is 1.52. The first-order valence-corrected chi connectivity index (χ1v) is 14.7. The van der Waals surface area contributed by atoms with Gasteiger partial charge in [0.1, 0.15) is 5.82 Å². The van der Waals surface area contributed by atoms with Crippen LogP contribution in [0.1, 0.15) is 92.9 Å². The van der Waals surface area contributed by atoms with Crippen molar-refractivity contribution in [3.05, 3.63) is 77.3 Å². The number of aliphatic imine (C=N–C) groups is 1. The summed E-state index contributed by atoms with van der Waals surface area (Å²) in [6.45, 7) is 9.77. The highest BCUT2D eigenvalue weighted by Crippen LogP contribution is 2.39. The minimum atomic E-state index is -4.65. The molecule has 0 bridgehead atoms. The van der Waals surface area contributed by atoms with Gasteiger partial charge >= 0.3 is 6.30 Å². The van der Waals surface area contributed by atoms with Crippen molar-refractivity contribution in [3.63, 3.8) is 0 Å². The summed E-state index contributed by atoms with van der Waals surface area (Å²) in [4.78, 5) is 9.60. The second-order valence-corrected chi connectivity index (χ2v) is 11.4. The van der Waals surface area contributed by atoms with E-state index in [-0.39, 0.29) is 5.57 Å². The van der Waals surface area contributed by atoms with E-state index in [4.69, 9.17) is 5.73 Å². The average molecular weight is 553 g/mol. The zero-order chi connectivity index (χ0) is 28.7. The first-order chi connectivity index (χ1) is 19.2. The molecule has 40 heavy (non-hydrogen) atoms. The number of anilines is 1. The molecule has 0 unspecified atom stereocenters. The Bertz CT molecular complexity index is 1200. The fraction of sp³-hybridized carbons (Fsp3) is 0.515. The third kappa shape index (κ3) is 7.76. The van der Waals surface area contributed by atoms with Gasteiger partial charge in [0.2, 0.25) is 0 Å². The van der Waals surface area contributed by atoms with E-state index in [0.717, 1.165) is 69.6 Å². The van der Waals surface area contributed by atoms with Crippen molar-refractivity contribution in [1.82, 2.24) is 4.98 Å². The summed E-state index contributed by atoms with van der Waals surface area (Å²) in [6.07, 6.45) is 10.4. The Kier molecular flexibility index (Phi) is 10.1. The summed E-state index contributed by atoms with van der Waals surface area (Å²) in [5.74, 6) is 2.18. The van der Waals surface area contributed by atoms with Gasteiger partial charge in [0.15, 0.2) is 0 Å². The summed E-state index contributed by atoms with van der Waals surface area (Å²) in [5, 5.41) is 0. The van der Waals surface area contributed by atoms with Gasteiger partial charge in [-0.15, -0.1) is 13.2 Å². The molecule has 0 radical (unpaired) electrons. The van der Waals surface area contributed by atoms with E-state index >= 15 is 0 Å². The van der Waals surface area contributed by atoms with Gasteiger partial charge < -0.3 is 10.6 Å². The van der Waals surface area contributed by atoms with E-state index in [1.54, 1.807) is 12.3 Å². The molecule has 1 aromatic heterocycles. The normalized spacial score (nSPS) is 21.1. The Morgan fingerprint density at radius 3 is 2.42 bits per heavy atom. The fourth-order valence-corrected chi connectivity index (χ4v) is 6.42. The van der Waals surface area contributed by atoms with E-state index in [9.17, 15) is 13.2 Å². The molecule has 1 heterocycles. The lowest BCUT2D eigenvalue weighted by Gasteiger charge is -2.37. The summed E-state index contributed by atoms with van der Waals surface area (Å²) >= 11 is 0. The molecule has 0 saturated heterocycles. The van der Waals surface area contributed by atoms with Crippen molar-refractivity contribution >= 4 is 17.6 Å². The topological polar surface area (TPSA) is 54.5 Å². The Morgan fingerprint density at radius 1 is 1.07 bits per heavy atom. The average Bonchev–Trinajstić information content (AvgIpc) is 2.96. The molecule has 7 heteroatoms. The minimum Gasteiger partial charge on any atom is -0.404 e. The highest BCUT2D eigenvalue weighted by molar-refractivity contribution is 6.09. The van der Waals surface area contributed by atoms with Crippen LogP contribution in [-0.4, -0.2) is 24.0 Å². The number of rotatable bonds is 9. The highest BCUT2D eigenvalue weighted by atomic mass is 19.4. The van der Waals surface area contributed by atoms with Gasteiger partial charge in [-0.1, -0.05) is 51.0 Å². The van der Waals surface area contributed by atoms with E-state index in [2.05, 4.69) is 53.5 Å². The van der Waals surface area contributed by atoms with Crippen LogP contribution in [0.25, 0.3) is 5.57 Å². The van der Waals surface area contributed by atoms with Gasteiger partial charge in [0.25, 0.3) is 0 Å². The molecule has 0 spiro atoms. The van der Waals surface area contributed by atoms with Crippen LogP contribution < -0.4 is 10.6 Å². The lowest BCUT2D eigenvalue weighted by atomic mass is 9.77. The SMILES string of the molecule is C=C(C1CCCCC1)N(CC1CCC(c2ccc(CC)c(C)c2)CC1)c1cc(C(=C/N)/C=N/C(F)(F)F)ccn1. The monoisotopic (exact) mass is 552 g/mol. The quantitative estimate of drug-likeness (QED) is 0.250. The first kappa shape index (κ1) is 29.9. The van der Waals surface area contributed by atoms with Gasteiger partial charge in [-0.2, -0.15) is 4.99 Å². The van der Waals surface area contributed by atoms with E-state index in [0.29, 0.717) is 29.1 Å². The van der Waals surface area contributed by atoms with Crippen LogP contribution in [0.15, 0.2) is 60.0 Å². The fourth-order valence-electron chi connectivity index (χ4n) is 6.42. The van der Waals surface area contributed by atoms with Crippen molar-refractivity contribution in [2.24, 2.45) is 22.6 Å². The number of allylic oxidation sites excluding steroid dienone is 2. The summed E-state index contributed by atoms with van der Waals surface area (Å²) in [7, 11) is 0. The maximum atomic E-state index is 12.7. The van der Waals surface area contributed by atoms with Crippen LogP contribution in [-0.2, 0) is 6.42 Å².